The molecule has 1 fully saturated rings. The molecular formula is C17H18F3N2O3S+. The lowest BCUT2D eigenvalue weighted by molar-refractivity contribution is -0.405. The fraction of sp³-hybridized carbons (Fsp3) is 0.353. The number of anilines is 1. The van der Waals surface area contributed by atoms with Crippen LogP contribution >= 0.6 is 0 Å². The summed E-state index contributed by atoms with van der Waals surface area (Å²) in [6.45, 7) is 1.81. The van der Waals surface area contributed by atoms with E-state index >= 15 is 0 Å². The van der Waals surface area contributed by atoms with E-state index in [0.29, 0.717) is 12.1 Å². The highest BCUT2D eigenvalue weighted by molar-refractivity contribution is 7.87. The van der Waals surface area contributed by atoms with Gasteiger partial charge in [-0.2, -0.15) is 26.2 Å². The van der Waals surface area contributed by atoms with Gasteiger partial charge in [0.15, 0.2) is 0 Å². The lowest BCUT2D eigenvalue weighted by Crippen LogP contribution is -2.26. The van der Waals surface area contributed by atoms with E-state index in [4.69, 9.17) is 0 Å². The predicted octanol–water partition coefficient (Wildman–Crippen LogP) is 3.61. The molecule has 0 unspecified atom stereocenters. The van der Waals surface area contributed by atoms with Gasteiger partial charge in [-0.1, -0.05) is 24.3 Å². The molecule has 2 aromatic carbocycles. The van der Waals surface area contributed by atoms with Crippen molar-refractivity contribution < 1.29 is 30.3 Å². The molecule has 1 aliphatic heterocycles. The van der Waals surface area contributed by atoms with Crippen LogP contribution in [-0.2, 0) is 14.3 Å². The molecule has 26 heavy (non-hydrogen) atoms. The average Bonchev–Trinajstić information content (AvgIpc) is 3.12. The summed E-state index contributed by atoms with van der Waals surface area (Å²) in [7, 11) is -4.24. The van der Waals surface area contributed by atoms with Crippen LogP contribution in [0.5, 0.6) is 0 Å². The van der Waals surface area contributed by atoms with Gasteiger partial charge in [-0.15, -0.1) is 0 Å². The monoisotopic (exact) mass is 387 g/mol. The van der Waals surface area contributed by atoms with E-state index in [1.807, 2.05) is 24.3 Å². The fourth-order valence-corrected chi connectivity index (χ4v) is 3.40. The molecule has 0 aliphatic carbocycles. The predicted molar refractivity (Wildman–Crippen MR) is 93.4 cm³/mol. The SMILES string of the molecule is C[N+](=COS(=O)(=O)C(F)(F)F)c1cccc2cccc(N3CCCC3)c12. The van der Waals surface area contributed by atoms with Gasteiger partial charge in [-0.25, -0.2) is 0 Å². The molecule has 0 amide bonds. The highest BCUT2D eigenvalue weighted by Crippen LogP contribution is 2.35. The van der Waals surface area contributed by atoms with Crippen LogP contribution < -0.4 is 4.90 Å². The third-order valence-corrected chi connectivity index (χ3v) is 5.21. The van der Waals surface area contributed by atoms with Crippen molar-refractivity contribution in [2.75, 3.05) is 25.0 Å². The van der Waals surface area contributed by atoms with Gasteiger partial charge in [0.05, 0.1) is 11.1 Å². The van der Waals surface area contributed by atoms with E-state index in [9.17, 15) is 21.6 Å². The summed E-state index contributed by atoms with van der Waals surface area (Å²) in [5, 5.41) is 1.74. The van der Waals surface area contributed by atoms with E-state index in [1.54, 1.807) is 12.1 Å². The van der Waals surface area contributed by atoms with Crippen LogP contribution in [0.3, 0.4) is 0 Å². The smallest absolute Gasteiger partial charge is 0.371 e. The number of rotatable bonds is 4. The Kier molecular flexibility index (Phi) is 4.83. The quantitative estimate of drug-likeness (QED) is 0.264. The highest BCUT2D eigenvalue weighted by Gasteiger charge is 2.48. The number of hydrogen-bond acceptors (Lipinski definition) is 4. The molecule has 9 heteroatoms. The summed E-state index contributed by atoms with van der Waals surface area (Å²) in [4.78, 5) is 2.22. The van der Waals surface area contributed by atoms with Gasteiger partial charge in [-0.3, -0.25) is 0 Å². The fourth-order valence-electron chi connectivity index (χ4n) is 3.05. The van der Waals surface area contributed by atoms with Crippen LogP contribution in [0.1, 0.15) is 12.8 Å². The van der Waals surface area contributed by atoms with Crippen molar-refractivity contribution in [2.45, 2.75) is 18.3 Å². The molecule has 0 N–H and O–H groups in total. The summed E-state index contributed by atoms with van der Waals surface area (Å²) in [6.07, 6.45) is 2.72. The van der Waals surface area contributed by atoms with Crippen LogP contribution in [0.15, 0.2) is 36.4 Å². The number of nitrogens with zero attached hydrogens (tertiary/aromatic N) is 2. The Bertz CT molecular complexity index is 944. The lowest BCUT2D eigenvalue weighted by atomic mass is 10.1. The minimum absolute atomic E-state index is 0.558. The van der Waals surface area contributed by atoms with Crippen molar-refractivity contribution >= 4 is 38.7 Å². The van der Waals surface area contributed by atoms with Gasteiger partial charge in [-0.05, 0) is 24.3 Å². The summed E-state index contributed by atoms with van der Waals surface area (Å²) >= 11 is 0. The van der Waals surface area contributed by atoms with Crippen molar-refractivity contribution in [1.82, 2.24) is 0 Å². The first-order chi connectivity index (χ1) is 12.2. The molecule has 0 spiro atoms. The molecule has 1 saturated heterocycles. The standard InChI is InChI=1S/C17H18F3N2O3S/c1-21(12-25-26(23,24)17(18,19)20)14-8-4-6-13-7-5-9-15(16(13)14)22-10-2-3-11-22/h4-9,12H,2-3,10-11H2,1H3/q+1. The minimum atomic E-state index is -5.69. The second kappa shape index (κ2) is 6.79. The maximum atomic E-state index is 12.4. The second-order valence-electron chi connectivity index (χ2n) is 6.06. The third-order valence-electron chi connectivity index (χ3n) is 4.30. The number of fused-ring (bicyclic) bond motifs is 1. The van der Waals surface area contributed by atoms with Gasteiger partial charge >= 0.3 is 22.0 Å². The summed E-state index contributed by atoms with van der Waals surface area (Å²) < 4.78 is 64.9. The molecular weight excluding hydrogens is 369 g/mol. The van der Waals surface area contributed by atoms with Gasteiger partial charge < -0.3 is 9.08 Å². The van der Waals surface area contributed by atoms with E-state index < -0.39 is 15.6 Å². The number of alkyl halides is 3. The zero-order valence-electron chi connectivity index (χ0n) is 14.0. The average molecular weight is 387 g/mol. The maximum Gasteiger partial charge on any atom is 0.534 e. The number of halogens is 3. The molecule has 5 nitrogen and oxygen atoms in total. The Hall–Kier alpha value is -2.29. The third kappa shape index (κ3) is 3.48. The van der Waals surface area contributed by atoms with Crippen molar-refractivity contribution in [2.24, 2.45) is 0 Å². The van der Waals surface area contributed by atoms with Crippen LogP contribution in [0.2, 0.25) is 0 Å². The summed E-state index contributed by atoms with van der Waals surface area (Å²) in [6, 6.07) is 11.2. The Morgan fingerprint density at radius 2 is 1.73 bits per heavy atom. The normalized spacial score (nSPS) is 16.3. The molecule has 3 rings (SSSR count). The Labute approximate surface area is 149 Å². The van der Waals surface area contributed by atoms with Gasteiger partial charge in [0.25, 0.3) is 0 Å². The summed E-state index contributed by atoms with van der Waals surface area (Å²) in [5.41, 5.74) is -3.94. The van der Waals surface area contributed by atoms with Crippen LogP contribution in [0.4, 0.5) is 24.5 Å². The number of hydrogen-bond donors (Lipinski definition) is 0. The molecule has 0 aromatic heterocycles. The van der Waals surface area contributed by atoms with E-state index in [2.05, 4.69) is 9.08 Å². The molecule has 1 aliphatic rings. The second-order valence-corrected chi connectivity index (χ2v) is 7.62. The lowest BCUT2D eigenvalue weighted by Gasteiger charge is -2.20. The molecule has 2 aromatic rings. The zero-order chi connectivity index (χ0) is 18.9. The van der Waals surface area contributed by atoms with Crippen molar-refractivity contribution in [1.29, 1.82) is 0 Å². The molecule has 140 valence electrons. The van der Waals surface area contributed by atoms with E-state index in [0.717, 1.165) is 42.4 Å². The van der Waals surface area contributed by atoms with Crippen LogP contribution in [0.25, 0.3) is 10.8 Å². The minimum Gasteiger partial charge on any atom is -0.371 e. The number of benzene rings is 2. The highest BCUT2D eigenvalue weighted by atomic mass is 32.2. The van der Waals surface area contributed by atoms with Crippen molar-refractivity contribution in [3.8, 4) is 0 Å². The Balaban J connectivity index is 2.06. The first-order valence-corrected chi connectivity index (χ1v) is 9.44. The molecule has 0 radical (unpaired) electrons. The van der Waals surface area contributed by atoms with Crippen LogP contribution in [-0.4, -0.2) is 45.0 Å². The molecule has 0 bridgehead atoms. The van der Waals surface area contributed by atoms with Crippen molar-refractivity contribution in [3.05, 3.63) is 36.4 Å². The molecule has 1 heterocycles. The topological polar surface area (TPSA) is 49.6 Å². The van der Waals surface area contributed by atoms with Gasteiger partial charge in [0.1, 0.15) is 7.05 Å². The van der Waals surface area contributed by atoms with Crippen molar-refractivity contribution in [3.63, 3.8) is 0 Å². The molecule has 0 saturated carbocycles. The van der Waals surface area contributed by atoms with E-state index in [-0.39, 0.29) is 0 Å². The Morgan fingerprint density at radius 3 is 2.35 bits per heavy atom. The largest absolute Gasteiger partial charge is 0.534 e. The van der Waals surface area contributed by atoms with Gasteiger partial charge in [0, 0.05) is 19.2 Å². The summed E-state index contributed by atoms with van der Waals surface area (Å²) in [5.74, 6) is 0. The van der Waals surface area contributed by atoms with E-state index in [1.165, 1.54) is 11.6 Å². The first kappa shape index (κ1) is 18.5. The first-order valence-electron chi connectivity index (χ1n) is 8.03. The Morgan fingerprint density at radius 1 is 1.12 bits per heavy atom. The van der Waals surface area contributed by atoms with Gasteiger partial charge in [0.2, 0.25) is 5.69 Å². The maximum absolute atomic E-state index is 12.4. The molecule has 0 atom stereocenters. The zero-order valence-corrected chi connectivity index (χ0v) is 14.8. The van der Waals surface area contributed by atoms with Crippen LogP contribution in [0, 0.1) is 0 Å².